The lowest BCUT2D eigenvalue weighted by molar-refractivity contribution is 0.0682. The molecule has 0 radical (unpaired) electrons. The van der Waals surface area contributed by atoms with Crippen molar-refractivity contribution in [3.8, 4) is 0 Å². The molecule has 5 nitrogen and oxygen atoms in total. The summed E-state index contributed by atoms with van der Waals surface area (Å²) >= 11 is 0. The van der Waals surface area contributed by atoms with Crippen LogP contribution in [-0.4, -0.2) is 34.0 Å². The van der Waals surface area contributed by atoms with E-state index in [4.69, 9.17) is 4.52 Å². The van der Waals surface area contributed by atoms with Crippen molar-refractivity contribution >= 4 is 5.91 Å². The Morgan fingerprint density at radius 1 is 1.32 bits per heavy atom. The predicted molar refractivity (Wildman–Crippen MR) is 87.1 cm³/mol. The summed E-state index contributed by atoms with van der Waals surface area (Å²) in [5.41, 5.74) is -0.211. The van der Waals surface area contributed by atoms with Crippen LogP contribution >= 0.6 is 0 Å². The van der Waals surface area contributed by atoms with E-state index in [2.05, 4.69) is 10.1 Å². The second kappa shape index (κ2) is 7.29. The van der Waals surface area contributed by atoms with Crippen molar-refractivity contribution in [2.45, 2.75) is 39.0 Å². The smallest absolute Gasteiger partial charge is 0.256 e. The maximum atomic E-state index is 13.8. The first-order valence-electron chi connectivity index (χ1n) is 8.51. The fraction of sp³-hybridized carbons (Fsp3) is 0.500. The fourth-order valence-electron chi connectivity index (χ4n) is 3.00. The van der Waals surface area contributed by atoms with Gasteiger partial charge in [0, 0.05) is 25.4 Å². The quantitative estimate of drug-likeness (QED) is 0.847. The van der Waals surface area contributed by atoms with Crippen molar-refractivity contribution in [3.05, 3.63) is 47.1 Å². The van der Waals surface area contributed by atoms with Gasteiger partial charge in [0.1, 0.15) is 11.6 Å². The maximum Gasteiger partial charge on any atom is 0.256 e. The van der Waals surface area contributed by atoms with E-state index >= 15 is 0 Å². The zero-order valence-electron chi connectivity index (χ0n) is 14.3. The van der Waals surface area contributed by atoms with Crippen molar-refractivity contribution in [2.75, 3.05) is 13.1 Å². The van der Waals surface area contributed by atoms with Crippen LogP contribution in [0.4, 0.5) is 8.78 Å². The van der Waals surface area contributed by atoms with Crippen LogP contribution in [0.3, 0.4) is 0 Å². The Hall–Kier alpha value is -2.31. The molecule has 0 bridgehead atoms. The molecule has 134 valence electrons. The third-order valence-corrected chi connectivity index (χ3v) is 4.52. The average Bonchev–Trinajstić information content (AvgIpc) is 3.06. The Morgan fingerprint density at radius 2 is 2.04 bits per heavy atom. The Balaban J connectivity index is 1.57. The molecule has 1 aromatic carbocycles. The summed E-state index contributed by atoms with van der Waals surface area (Å²) in [7, 11) is 0. The zero-order valence-corrected chi connectivity index (χ0v) is 14.3. The van der Waals surface area contributed by atoms with Crippen LogP contribution < -0.4 is 0 Å². The van der Waals surface area contributed by atoms with Crippen molar-refractivity contribution < 1.29 is 18.1 Å². The third kappa shape index (κ3) is 4.03. The Morgan fingerprint density at radius 3 is 2.68 bits per heavy atom. The molecule has 3 rings (SSSR count). The molecule has 2 aromatic rings. The van der Waals surface area contributed by atoms with E-state index in [1.807, 2.05) is 13.8 Å². The summed E-state index contributed by atoms with van der Waals surface area (Å²) in [6.45, 7) is 5.02. The number of rotatable bonds is 4. The van der Waals surface area contributed by atoms with Crippen molar-refractivity contribution in [2.24, 2.45) is 5.92 Å². The lowest BCUT2D eigenvalue weighted by Gasteiger charge is -2.31. The number of carbonyl (C=O) groups is 1. The molecule has 0 spiro atoms. The Bertz CT molecular complexity index is 753. The van der Waals surface area contributed by atoms with E-state index in [9.17, 15) is 13.6 Å². The molecule has 0 unspecified atom stereocenters. The molecule has 0 N–H and O–H groups in total. The van der Waals surface area contributed by atoms with Crippen LogP contribution in [0.15, 0.2) is 22.7 Å². The first-order chi connectivity index (χ1) is 11.9. The molecule has 1 aliphatic heterocycles. The van der Waals surface area contributed by atoms with E-state index in [-0.39, 0.29) is 11.5 Å². The van der Waals surface area contributed by atoms with Gasteiger partial charge in [0.25, 0.3) is 5.91 Å². The summed E-state index contributed by atoms with van der Waals surface area (Å²) in [4.78, 5) is 18.3. The summed E-state index contributed by atoms with van der Waals surface area (Å²) in [6.07, 6.45) is 2.21. The molecule has 25 heavy (non-hydrogen) atoms. The number of amides is 1. The van der Waals surface area contributed by atoms with Crippen LogP contribution in [-0.2, 0) is 6.42 Å². The van der Waals surface area contributed by atoms with Crippen molar-refractivity contribution in [3.63, 3.8) is 0 Å². The minimum Gasteiger partial charge on any atom is -0.339 e. The molecule has 0 saturated carbocycles. The van der Waals surface area contributed by atoms with Gasteiger partial charge in [-0.25, -0.2) is 8.78 Å². The number of halogens is 2. The van der Waals surface area contributed by atoms with E-state index in [0.29, 0.717) is 37.1 Å². The number of aromatic nitrogens is 2. The Kier molecular flexibility index (Phi) is 5.11. The zero-order chi connectivity index (χ0) is 18.0. The van der Waals surface area contributed by atoms with E-state index in [0.717, 1.165) is 31.0 Å². The first-order valence-corrected chi connectivity index (χ1v) is 8.51. The highest BCUT2D eigenvalue weighted by atomic mass is 19.1. The molecule has 1 fully saturated rings. The van der Waals surface area contributed by atoms with Gasteiger partial charge < -0.3 is 9.42 Å². The summed E-state index contributed by atoms with van der Waals surface area (Å²) in [5.74, 6) is 0.0989. The number of benzene rings is 1. The van der Waals surface area contributed by atoms with Gasteiger partial charge in [-0.2, -0.15) is 4.98 Å². The lowest BCUT2D eigenvalue weighted by Crippen LogP contribution is -2.39. The van der Waals surface area contributed by atoms with E-state index < -0.39 is 17.5 Å². The average molecular weight is 349 g/mol. The summed E-state index contributed by atoms with van der Waals surface area (Å²) in [6, 6.07) is 2.95. The topological polar surface area (TPSA) is 59.2 Å². The van der Waals surface area contributed by atoms with Gasteiger partial charge in [-0.3, -0.25) is 4.79 Å². The van der Waals surface area contributed by atoms with Gasteiger partial charge >= 0.3 is 0 Å². The summed E-state index contributed by atoms with van der Waals surface area (Å²) < 4.78 is 32.3. The molecule has 0 atom stereocenters. The second-order valence-corrected chi connectivity index (χ2v) is 6.76. The van der Waals surface area contributed by atoms with Gasteiger partial charge in [-0.05, 0) is 37.0 Å². The highest BCUT2D eigenvalue weighted by Gasteiger charge is 2.27. The molecule has 1 aliphatic rings. The van der Waals surface area contributed by atoms with Gasteiger partial charge in [0.2, 0.25) is 5.89 Å². The SMILES string of the molecule is CC(C)c1noc(CC2CCN(C(=O)c3cc(F)ccc3F)CC2)n1. The molecule has 1 aromatic heterocycles. The number of likely N-dealkylation sites (tertiary alicyclic amines) is 1. The standard InChI is InChI=1S/C18H21F2N3O2/c1-11(2)17-21-16(25-22-17)9-12-5-7-23(8-6-12)18(24)14-10-13(19)3-4-15(14)20/h3-4,10-12H,5-9H2,1-2H3. The number of carbonyl (C=O) groups excluding carboxylic acids is 1. The molecule has 1 saturated heterocycles. The van der Waals surface area contributed by atoms with Gasteiger partial charge in [-0.1, -0.05) is 19.0 Å². The van der Waals surface area contributed by atoms with Crippen molar-refractivity contribution in [1.82, 2.24) is 15.0 Å². The van der Waals surface area contributed by atoms with Gasteiger partial charge in [0.15, 0.2) is 5.82 Å². The molecule has 0 aliphatic carbocycles. The van der Waals surface area contributed by atoms with Crippen molar-refractivity contribution in [1.29, 1.82) is 0 Å². The number of nitrogens with zero attached hydrogens (tertiary/aromatic N) is 3. The Labute approximate surface area is 145 Å². The van der Waals surface area contributed by atoms with Crippen LogP contribution in [0.5, 0.6) is 0 Å². The highest BCUT2D eigenvalue weighted by molar-refractivity contribution is 5.94. The number of hydrogen-bond acceptors (Lipinski definition) is 4. The number of hydrogen-bond donors (Lipinski definition) is 0. The molecule has 2 heterocycles. The van der Waals surface area contributed by atoms with Gasteiger partial charge in [-0.15, -0.1) is 0 Å². The van der Waals surface area contributed by atoms with Crippen LogP contribution in [0, 0.1) is 17.6 Å². The minimum atomic E-state index is -0.694. The third-order valence-electron chi connectivity index (χ3n) is 4.52. The fourth-order valence-corrected chi connectivity index (χ4v) is 3.00. The predicted octanol–water partition coefficient (Wildman–Crippen LogP) is 3.57. The second-order valence-electron chi connectivity index (χ2n) is 6.76. The maximum absolute atomic E-state index is 13.8. The monoisotopic (exact) mass is 349 g/mol. The van der Waals surface area contributed by atoms with Gasteiger partial charge in [0.05, 0.1) is 5.56 Å². The molecule has 7 heteroatoms. The highest BCUT2D eigenvalue weighted by Crippen LogP contribution is 2.24. The van der Waals surface area contributed by atoms with Crippen LogP contribution in [0.25, 0.3) is 0 Å². The minimum absolute atomic E-state index is 0.211. The summed E-state index contributed by atoms with van der Waals surface area (Å²) in [5, 5.41) is 3.95. The molecule has 1 amide bonds. The largest absolute Gasteiger partial charge is 0.339 e. The van der Waals surface area contributed by atoms with Crippen LogP contribution in [0.2, 0.25) is 0 Å². The van der Waals surface area contributed by atoms with E-state index in [1.165, 1.54) is 0 Å². The molecular formula is C18H21F2N3O2. The number of piperidine rings is 1. The normalized spacial score (nSPS) is 15.8. The van der Waals surface area contributed by atoms with E-state index in [1.54, 1.807) is 4.90 Å². The lowest BCUT2D eigenvalue weighted by atomic mass is 9.93. The molecular weight excluding hydrogens is 328 g/mol. The van der Waals surface area contributed by atoms with Crippen LogP contribution in [0.1, 0.15) is 54.7 Å². The first kappa shape index (κ1) is 17.5.